The van der Waals surface area contributed by atoms with Crippen LogP contribution in [0.4, 0.5) is 0 Å². The van der Waals surface area contributed by atoms with Gasteiger partial charge in [-0.3, -0.25) is 0 Å². The van der Waals surface area contributed by atoms with Gasteiger partial charge in [-0.15, -0.1) is 11.3 Å². The molecule has 2 rings (SSSR count). The average Bonchev–Trinajstić information content (AvgIpc) is 2.95. The maximum absolute atomic E-state index is 6.29. The number of rotatable bonds is 8. The lowest BCUT2D eigenvalue weighted by molar-refractivity contribution is 0.306. The van der Waals surface area contributed by atoms with Crippen LogP contribution in [0.5, 0.6) is 5.75 Å². The number of thiophene rings is 1. The Morgan fingerprint density at radius 3 is 2.67 bits per heavy atom. The molecule has 1 heterocycles. The van der Waals surface area contributed by atoms with E-state index in [-0.39, 0.29) is 0 Å². The van der Waals surface area contributed by atoms with Crippen LogP contribution in [0.2, 0.25) is 5.02 Å². The lowest BCUT2D eigenvalue weighted by Gasteiger charge is -2.13. The van der Waals surface area contributed by atoms with Crippen LogP contribution in [0.25, 0.3) is 0 Å². The molecule has 4 heteroatoms. The molecular formula is C17H22ClNOS. The van der Waals surface area contributed by atoms with Crippen LogP contribution < -0.4 is 10.1 Å². The van der Waals surface area contributed by atoms with Gasteiger partial charge in [0, 0.05) is 21.9 Å². The second-order valence-corrected chi connectivity index (χ2v) is 6.58. The molecule has 1 aromatic carbocycles. The molecule has 0 amide bonds. The summed E-state index contributed by atoms with van der Waals surface area (Å²) < 4.78 is 5.98. The van der Waals surface area contributed by atoms with Crippen molar-refractivity contribution in [2.45, 2.75) is 39.8 Å². The normalized spacial score (nSPS) is 10.8. The number of benzene rings is 1. The molecule has 0 atom stereocenters. The predicted molar refractivity (Wildman–Crippen MR) is 91.5 cm³/mol. The number of nitrogens with one attached hydrogen (secondary N) is 1. The van der Waals surface area contributed by atoms with E-state index in [2.05, 4.69) is 37.4 Å². The van der Waals surface area contributed by atoms with Crippen molar-refractivity contribution in [3.63, 3.8) is 0 Å². The van der Waals surface area contributed by atoms with E-state index in [0.29, 0.717) is 11.6 Å². The van der Waals surface area contributed by atoms with Gasteiger partial charge in [-0.05, 0) is 37.6 Å². The van der Waals surface area contributed by atoms with Crippen LogP contribution in [-0.4, -0.2) is 6.54 Å². The van der Waals surface area contributed by atoms with E-state index >= 15 is 0 Å². The highest BCUT2D eigenvalue weighted by molar-refractivity contribution is 7.11. The third-order valence-electron chi connectivity index (χ3n) is 3.22. The fourth-order valence-electron chi connectivity index (χ4n) is 2.09. The Hall–Kier alpha value is -1.03. The van der Waals surface area contributed by atoms with Gasteiger partial charge in [0.2, 0.25) is 0 Å². The molecule has 2 nitrogen and oxygen atoms in total. The molecule has 0 aliphatic carbocycles. The Balaban J connectivity index is 2.03. The zero-order chi connectivity index (χ0) is 15.1. The van der Waals surface area contributed by atoms with Crippen molar-refractivity contribution in [1.29, 1.82) is 0 Å². The monoisotopic (exact) mass is 323 g/mol. The lowest BCUT2D eigenvalue weighted by Crippen LogP contribution is -2.14. The number of aryl methyl sites for hydroxylation is 1. The minimum atomic E-state index is 0.579. The Kier molecular flexibility index (Phi) is 6.55. The summed E-state index contributed by atoms with van der Waals surface area (Å²) in [5, 5.41) is 4.07. The highest BCUT2D eigenvalue weighted by atomic mass is 35.5. The molecule has 1 aromatic heterocycles. The zero-order valence-electron chi connectivity index (χ0n) is 12.6. The first-order valence-corrected chi connectivity index (χ1v) is 8.62. The first-order valence-electron chi connectivity index (χ1n) is 7.43. The van der Waals surface area contributed by atoms with Crippen molar-refractivity contribution in [2.24, 2.45) is 0 Å². The molecule has 114 valence electrons. The molecule has 2 aromatic rings. The summed E-state index contributed by atoms with van der Waals surface area (Å²) in [4.78, 5) is 2.62. The largest absolute Gasteiger partial charge is 0.486 e. The van der Waals surface area contributed by atoms with Crippen molar-refractivity contribution in [2.75, 3.05) is 6.54 Å². The van der Waals surface area contributed by atoms with Gasteiger partial charge in [-0.25, -0.2) is 0 Å². The number of halogens is 1. The molecule has 0 aliphatic rings. The predicted octanol–water partition coefficient (Wildman–Crippen LogP) is 5.04. The molecule has 1 N–H and O–H groups in total. The standard InChI is InChI=1S/C17H22ClNOS/c1-3-10-19-11-13-6-5-7-16(18)17(13)20-12-15-9-8-14(4-2)21-15/h5-9,19H,3-4,10-12H2,1-2H3. The van der Waals surface area contributed by atoms with Crippen molar-refractivity contribution in [3.8, 4) is 5.75 Å². The molecule has 0 saturated heterocycles. The van der Waals surface area contributed by atoms with Crippen molar-refractivity contribution < 1.29 is 4.74 Å². The Labute approximate surface area is 136 Å². The third kappa shape index (κ3) is 4.73. The van der Waals surface area contributed by atoms with Gasteiger partial charge in [-0.1, -0.05) is 37.6 Å². The van der Waals surface area contributed by atoms with Crippen LogP contribution in [-0.2, 0) is 19.6 Å². The maximum Gasteiger partial charge on any atom is 0.142 e. The first-order chi connectivity index (χ1) is 10.2. The van der Waals surface area contributed by atoms with Crippen molar-refractivity contribution in [1.82, 2.24) is 5.32 Å². The molecule has 21 heavy (non-hydrogen) atoms. The minimum Gasteiger partial charge on any atom is -0.486 e. The Morgan fingerprint density at radius 2 is 1.95 bits per heavy atom. The number of hydrogen-bond donors (Lipinski definition) is 1. The number of hydrogen-bond acceptors (Lipinski definition) is 3. The van der Waals surface area contributed by atoms with Crippen LogP contribution in [0.3, 0.4) is 0 Å². The summed E-state index contributed by atoms with van der Waals surface area (Å²) in [6.45, 7) is 6.69. The Morgan fingerprint density at radius 1 is 1.14 bits per heavy atom. The van der Waals surface area contributed by atoms with Crippen LogP contribution in [0.15, 0.2) is 30.3 Å². The van der Waals surface area contributed by atoms with Gasteiger partial charge in [0.1, 0.15) is 12.4 Å². The smallest absolute Gasteiger partial charge is 0.142 e. The van der Waals surface area contributed by atoms with Gasteiger partial charge in [0.25, 0.3) is 0 Å². The van der Waals surface area contributed by atoms with Gasteiger partial charge in [0.05, 0.1) is 5.02 Å². The van der Waals surface area contributed by atoms with Crippen molar-refractivity contribution >= 4 is 22.9 Å². The average molecular weight is 324 g/mol. The SMILES string of the molecule is CCCNCc1cccc(Cl)c1OCc1ccc(CC)s1. The molecular weight excluding hydrogens is 302 g/mol. The van der Waals surface area contributed by atoms with Crippen LogP contribution in [0.1, 0.15) is 35.6 Å². The van der Waals surface area contributed by atoms with Gasteiger partial charge in [0.15, 0.2) is 0 Å². The fraction of sp³-hybridized carbons (Fsp3) is 0.412. The van der Waals surface area contributed by atoms with E-state index in [1.54, 1.807) is 11.3 Å². The lowest BCUT2D eigenvalue weighted by atomic mass is 10.2. The molecule has 0 unspecified atom stereocenters. The summed E-state index contributed by atoms with van der Waals surface area (Å²) in [6, 6.07) is 10.2. The molecule has 0 saturated carbocycles. The van der Waals surface area contributed by atoms with Crippen molar-refractivity contribution in [3.05, 3.63) is 50.7 Å². The van der Waals surface area contributed by atoms with E-state index in [9.17, 15) is 0 Å². The molecule has 0 bridgehead atoms. The molecule has 0 aliphatic heterocycles. The summed E-state index contributed by atoms with van der Waals surface area (Å²) >= 11 is 8.09. The minimum absolute atomic E-state index is 0.579. The molecule has 0 radical (unpaired) electrons. The Bertz CT molecular complexity index is 568. The van der Waals surface area contributed by atoms with Crippen LogP contribution in [0, 0.1) is 0 Å². The van der Waals surface area contributed by atoms with E-state index in [1.807, 2.05) is 12.1 Å². The maximum atomic E-state index is 6.29. The highest BCUT2D eigenvalue weighted by Gasteiger charge is 2.09. The van der Waals surface area contributed by atoms with Gasteiger partial charge < -0.3 is 10.1 Å². The second kappa shape index (κ2) is 8.42. The first kappa shape index (κ1) is 16.3. The van der Waals surface area contributed by atoms with Gasteiger partial charge >= 0.3 is 0 Å². The summed E-state index contributed by atoms with van der Waals surface area (Å²) in [5.41, 5.74) is 1.11. The molecule has 0 spiro atoms. The highest BCUT2D eigenvalue weighted by Crippen LogP contribution is 2.30. The summed E-state index contributed by atoms with van der Waals surface area (Å²) in [7, 11) is 0. The number of para-hydroxylation sites is 1. The van der Waals surface area contributed by atoms with Crippen LogP contribution >= 0.6 is 22.9 Å². The summed E-state index contributed by atoms with van der Waals surface area (Å²) in [6.07, 6.45) is 2.19. The second-order valence-electron chi connectivity index (χ2n) is 4.92. The fourth-order valence-corrected chi connectivity index (χ4v) is 3.21. The zero-order valence-corrected chi connectivity index (χ0v) is 14.2. The van der Waals surface area contributed by atoms with E-state index in [1.165, 1.54) is 9.75 Å². The van der Waals surface area contributed by atoms with E-state index in [0.717, 1.165) is 37.2 Å². The number of ether oxygens (including phenoxy) is 1. The molecule has 0 fully saturated rings. The van der Waals surface area contributed by atoms with E-state index in [4.69, 9.17) is 16.3 Å². The van der Waals surface area contributed by atoms with Gasteiger partial charge in [-0.2, -0.15) is 0 Å². The summed E-state index contributed by atoms with van der Waals surface area (Å²) in [5.74, 6) is 0.800. The van der Waals surface area contributed by atoms with E-state index < -0.39 is 0 Å². The third-order valence-corrected chi connectivity index (χ3v) is 4.72. The topological polar surface area (TPSA) is 21.3 Å². The quantitative estimate of drug-likeness (QED) is 0.687.